The molecular formula is C15H22N2O. The molecule has 3 atom stereocenters. The number of Topliss-reactive ketones (excluding diaryl/α,β-unsaturated/α-hetero) is 1. The van der Waals surface area contributed by atoms with Crippen molar-refractivity contribution in [1.29, 1.82) is 5.26 Å². The zero-order valence-corrected chi connectivity index (χ0v) is 11.7. The van der Waals surface area contributed by atoms with E-state index in [-0.39, 0.29) is 11.2 Å². The molecule has 2 aliphatic rings. The largest absolute Gasteiger partial charge is 0.317 e. The lowest BCUT2D eigenvalue weighted by molar-refractivity contribution is -0.131. The molecule has 3 heteroatoms. The van der Waals surface area contributed by atoms with Crippen LogP contribution in [0, 0.1) is 28.1 Å². The number of fused-ring (bicyclic) bond motifs is 1. The van der Waals surface area contributed by atoms with E-state index in [0.29, 0.717) is 17.5 Å². The number of hydrogen-bond donors (Lipinski definition) is 1. The molecule has 0 aromatic heterocycles. The van der Waals surface area contributed by atoms with Crippen LogP contribution < -0.4 is 5.32 Å². The Morgan fingerprint density at radius 3 is 2.61 bits per heavy atom. The fourth-order valence-corrected chi connectivity index (χ4v) is 4.05. The second-order valence-electron chi connectivity index (χ2n) is 6.55. The third kappa shape index (κ3) is 1.80. The van der Waals surface area contributed by atoms with Crippen LogP contribution in [0.15, 0.2) is 11.6 Å². The molecule has 0 amide bonds. The Kier molecular flexibility index (Phi) is 3.11. The second kappa shape index (κ2) is 4.20. The van der Waals surface area contributed by atoms with Crippen LogP contribution in [0.3, 0.4) is 0 Å². The van der Waals surface area contributed by atoms with E-state index in [1.54, 1.807) is 0 Å². The first kappa shape index (κ1) is 13.3. The van der Waals surface area contributed by atoms with Gasteiger partial charge in [0, 0.05) is 11.5 Å². The van der Waals surface area contributed by atoms with Crippen LogP contribution in [-0.2, 0) is 4.79 Å². The predicted molar refractivity (Wildman–Crippen MR) is 70.8 cm³/mol. The number of ketones is 1. The molecule has 2 aliphatic carbocycles. The van der Waals surface area contributed by atoms with Crippen LogP contribution in [0.2, 0.25) is 0 Å². The standard InChI is InChI=1S/C15H22N2O/c1-14(2)12-6-5-11(17-4)8-15(12,3)7-10(9-16)13(14)18/h7,11-12,17H,5-6,8H2,1-4H3/t11-,12+,15+/m0/s1. The Morgan fingerprint density at radius 2 is 2.06 bits per heavy atom. The minimum Gasteiger partial charge on any atom is -0.317 e. The Morgan fingerprint density at radius 1 is 1.39 bits per heavy atom. The predicted octanol–water partition coefficient (Wildman–Crippen LogP) is 2.44. The molecule has 0 radical (unpaired) electrons. The summed E-state index contributed by atoms with van der Waals surface area (Å²) in [6, 6.07) is 2.58. The van der Waals surface area contributed by atoms with E-state index in [2.05, 4.69) is 18.3 Å². The van der Waals surface area contributed by atoms with E-state index in [9.17, 15) is 4.79 Å². The smallest absolute Gasteiger partial charge is 0.178 e. The van der Waals surface area contributed by atoms with Crippen LogP contribution in [0.1, 0.15) is 40.0 Å². The third-order valence-corrected chi connectivity index (χ3v) is 4.99. The van der Waals surface area contributed by atoms with E-state index in [1.807, 2.05) is 27.0 Å². The highest BCUT2D eigenvalue weighted by atomic mass is 16.1. The van der Waals surface area contributed by atoms with Crippen molar-refractivity contribution < 1.29 is 4.79 Å². The second-order valence-corrected chi connectivity index (χ2v) is 6.55. The van der Waals surface area contributed by atoms with Crippen LogP contribution >= 0.6 is 0 Å². The lowest BCUT2D eigenvalue weighted by Crippen LogP contribution is -2.52. The molecule has 0 heterocycles. The molecular weight excluding hydrogens is 224 g/mol. The van der Waals surface area contributed by atoms with E-state index in [0.717, 1.165) is 19.3 Å². The molecule has 1 fully saturated rings. The minimum atomic E-state index is -0.409. The van der Waals surface area contributed by atoms with Crippen LogP contribution in [0.5, 0.6) is 0 Å². The van der Waals surface area contributed by atoms with Gasteiger partial charge in [0.1, 0.15) is 6.07 Å². The Hall–Kier alpha value is -1.14. The zero-order chi connectivity index (χ0) is 13.6. The Bertz CT molecular complexity index is 444. The average molecular weight is 246 g/mol. The third-order valence-electron chi connectivity index (χ3n) is 4.99. The van der Waals surface area contributed by atoms with Gasteiger partial charge in [0.25, 0.3) is 0 Å². The normalized spacial score (nSPS) is 38.6. The monoisotopic (exact) mass is 246 g/mol. The number of nitrogens with one attached hydrogen (secondary N) is 1. The average Bonchev–Trinajstić information content (AvgIpc) is 2.33. The van der Waals surface area contributed by atoms with Gasteiger partial charge in [-0.15, -0.1) is 0 Å². The zero-order valence-electron chi connectivity index (χ0n) is 11.7. The van der Waals surface area contributed by atoms with Gasteiger partial charge in [-0.3, -0.25) is 4.79 Å². The van der Waals surface area contributed by atoms with Gasteiger partial charge in [-0.25, -0.2) is 0 Å². The fourth-order valence-electron chi connectivity index (χ4n) is 4.05. The van der Waals surface area contributed by atoms with Crippen molar-refractivity contribution in [3.63, 3.8) is 0 Å². The summed E-state index contributed by atoms with van der Waals surface area (Å²) in [4.78, 5) is 12.3. The molecule has 3 nitrogen and oxygen atoms in total. The van der Waals surface area contributed by atoms with Gasteiger partial charge in [0.05, 0.1) is 5.57 Å². The summed E-state index contributed by atoms with van der Waals surface area (Å²) in [5.41, 5.74) is -0.0858. The number of nitrogens with zero attached hydrogens (tertiary/aromatic N) is 1. The number of hydrogen-bond acceptors (Lipinski definition) is 3. The molecule has 0 saturated heterocycles. The number of carbonyl (C=O) groups is 1. The highest BCUT2D eigenvalue weighted by Crippen LogP contribution is 2.54. The first-order valence-electron chi connectivity index (χ1n) is 6.70. The van der Waals surface area contributed by atoms with Gasteiger partial charge in [-0.05, 0) is 37.6 Å². The topological polar surface area (TPSA) is 52.9 Å². The highest BCUT2D eigenvalue weighted by molar-refractivity contribution is 6.04. The van der Waals surface area contributed by atoms with Crippen molar-refractivity contribution in [2.75, 3.05) is 7.05 Å². The van der Waals surface area contributed by atoms with Crippen molar-refractivity contribution in [3.05, 3.63) is 11.6 Å². The van der Waals surface area contributed by atoms with Gasteiger partial charge in [-0.1, -0.05) is 26.8 Å². The first-order chi connectivity index (χ1) is 8.35. The van der Waals surface area contributed by atoms with Gasteiger partial charge in [0.2, 0.25) is 0 Å². The SMILES string of the molecule is CN[C@H]1CC[C@@H]2C(C)(C)C(=O)C(C#N)=C[C@]2(C)C1. The highest BCUT2D eigenvalue weighted by Gasteiger charge is 2.53. The summed E-state index contributed by atoms with van der Waals surface area (Å²) in [5.74, 6) is 0.370. The van der Waals surface area contributed by atoms with Gasteiger partial charge in [-0.2, -0.15) is 5.26 Å². The molecule has 2 rings (SSSR count). The number of carbonyl (C=O) groups excluding carboxylic acids is 1. The molecule has 0 aromatic rings. The number of rotatable bonds is 1. The van der Waals surface area contributed by atoms with E-state index >= 15 is 0 Å². The molecule has 0 aromatic carbocycles. The minimum absolute atomic E-state index is 0.0235. The summed E-state index contributed by atoms with van der Waals surface area (Å²) >= 11 is 0. The van der Waals surface area contributed by atoms with Crippen LogP contribution in [0.25, 0.3) is 0 Å². The molecule has 0 spiro atoms. The fraction of sp³-hybridized carbons (Fsp3) is 0.733. The molecule has 1 N–H and O–H groups in total. The van der Waals surface area contributed by atoms with Gasteiger partial charge >= 0.3 is 0 Å². The van der Waals surface area contributed by atoms with Crippen molar-refractivity contribution >= 4 is 5.78 Å². The molecule has 0 aliphatic heterocycles. The lowest BCUT2D eigenvalue weighted by Gasteiger charge is -2.52. The molecule has 1 saturated carbocycles. The van der Waals surface area contributed by atoms with E-state index < -0.39 is 5.41 Å². The molecule has 98 valence electrons. The number of nitriles is 1. The van der Waals surface area contributed by atoms with Crippen molar-refractivity contribution in [3.8, 4) is 6.07 Å². The summed E-state index contributed by atoms with van der Waals surface area (Å²) in [7, 11) is 1.99. The Labute approximate surface area is 109 Å². The maximum absolute atomic E-state index is 12.3. The Balaban J connectivity index is 2.46. The van der Waals surface area contributed by atoms with E-state index in [1.165, 1.54) is 0 Å². The molecule has 18 heavy (non-hydrogen) atoms. The summed E-state index contributed by atoms with van der Waals surface area (Å²) in [6.07, 6.45) is 5.12. The van der Waals surface area contributed by atoms with Crippen molar-refractivity contribution in [1.82, 2.24) is 5.32 Å². The lowest BCUT2D eigenvalue weighted by atomic mass is 9.52. The first-order valence-corrected chi connectivity index (χ1v) is 6.70. The summed E-state index contributed by atoms with van der Waals surface area (Å²) < 4.78 is 0. The maximum Gasteiger partial charge on any atom is 0.178 e. The quantitative estimate of drug-likeness (QED) is 0.773. The summed E-state index contributed by atoms with van der Waals surface area (Å²) in [6.45, 7) is 6.21. The van der Waals surface area contributed by atoms with Gasteiger partial charge in [0.15, 0.2) is 5.78 Å². The van der Waals surface area contributed by atoms with Crippen LogP contribution in [0.4, 0.5) is 0 Å². The van der Waals surface area contributed by atoms with E-state index in [4.69, 9.17) is 5.26 Å². The number of allylic oxidation sites excluding steroid dienone is 2. The van der Waals surface area contributed by atoms with Crippen molar-refractivity contribution in [2.24, 2.45) is 16.7 Å². The summed E-state index contributed by atoms with van der Waals surface area (Å²) in [5, 5.41) is 12.5. The van der Waals surface area contributed by atoms with Gasteiger partial charge < -0.3 is 5.32 Å². The van der Waals surface area contributed by atoms with Crippen LogP contribution in [-0.4, -0.2) is 18.9 Å². The maximum atomic E-state index is 12.3. The molecule has 0 bridgehead atoms. The molecule has 0 unspecified atom stereocenters. The van der Waals surface area contributed by atoms with Crippen molar-refractivity contribution in [2.45, 2.75) is 46.1 Å².